The van der Waals surface area contributed by atoms with E-state index in [9.17, 15) is 19.2 Å². The molecular weight excluding hydrogens is 398 g/mol. The maximum Gasteiger partial charge on any atom is 0.313 e. The van der Waals surface area contributed by atoms with Crippen molar-refractivity contribution in [3.8, 4) is 5.75 Å². The van der Waals surface area contributed by atoms with Gasteiger partial charge in [-0.1, -0.05) is 36.4 Å². The first kappa shape index (κ1) is 20.6. The number of imide groups is 1. The largest absolute Gasteiger partial charge is 0.493 e. The van der Waals surface area contributed by atoms with E-state index in [-0.39, 0.29) is 43.2 Å². The lowest BCUT2D eigenvalue weighted by Crippen LogP contribution is -2.43. The van der Waals surface area contributed by atoms with E-state index in [1.807, 2.05) is 31.2 Å². The molecule has 0 aromatic heterocycles. The number of amides is 4. The molecule has 4 rings (SSSR count). The van der Waals surface area contributed by atoms with Crippen molar-refractivity contribution in [2.75, 3.05) is 11.9 Å². The number of nitrogens with one attached hydrogen (secondary N) is 2. The van der Waals surface area contributed by atoms with E-state index in [4.69, 9.17) is 4.74 Å². The van der Waals surface area contributed by atoms with Gasteiger partial charge in [0.1, 0.15) is 5.75 Å². The van der Waals surface area contributed by atoms with Crippen LogP contribution in [0, 0.1) is 0 Å². The van der Waals surface area contributed by atoms with Crippen molar-refractivity contribution in [2.24, 2.45) is 0 Å². The second kappa shape index (κ2) is 8.59. The number of benzene rings is 2. The van der Waals surface area contributed by atoms with Gasteiger partial charge in [-0.15, -0.1) is 0 Å². The van der Waals surface area contributed by atoms with Crippen LogP contribution < -0.4 is 15.4 Å². The van der Waals surface area contributed by atoms with Crippen molar-refractivity contribution in [1.29, 1.82) is 0 Å². The summed E-state index contributed by atoms with van der Waals surface area (Å²) in [7, 11) is 0. The van der Waals surface area contributed by atoms with Crippen LogP contribution in [0.5, 0.6) is 5.75 Å². The topological polar surface area (TPSA) is 105 Å². The second-order valence-electron chi connectivity index (χ2n) is 7.70. The van der Waals surface area contributed by atoms with Crippen molar-refractivity contribution in [1.82, 2.24) is 10.2 Å². The van der Waals surface area contributed by atoms with Crippen LogP contribution >= 0.6 is 0 Å². The summed E-state index contributed by atoms with van der Waals surface area (Å²) >= 11 is 0. The zero-order valence-corrected chi connectivity index (χ0v) is 17.1. The minimum Gasteiger partial charge on any atom is -0.493 e. The highest BCUT2D eigenvalue weighted by Crippen LogP contribution is 2.35. The van der Waals surface area contributed by atoms with Crippen LogP contribution in [0.15, 0.2) is 48.5 Å². The summed E-state index contributed by atoms with van der Waals surface area (Å²) in [6.45, 7) is 2.32. The third-order valence-electron chi connectivity index (χ3n) is 5.65. The molecule has 2 unspecified atom stereocenters. The minimum absolute atomic E-state index is 0.0487. The van der Waals surface area contributed by atoms with Gasteiger partial charge in [0.05, 0.1) is 13.2 Å². The number of rotatable bonds is 5. The number of anilines is 1. The Balaban J connectivity index is 1.40. The molecule has 0 saturated carbocycles. The molecule has 2 aliphatic rings. The molecule has 0 radical (unpaired) electrons. The third kappa shape index (κ3) is 4.28. The lowest BCUT2D eigenvalue weighted by atomic mass is 9.94. The molecule has 2 aromatic carbocycles. The molecule has 2 atom stereocenters. The predicted molar refractivity (Wildman–Crippen MR) is 112 cm³/mol. The fourth-order valence-electron chi connectivity index (χ4n) is 3.90. The molecule has 1 saturated heterocycles. The predicted octanol–water partition coefficient (Wildman–Crippen LogP) is 1.95. The molecule has 0 spiro atoms. The first-order valence-corrected chi connectivity index (χ1v) is 10.2. The van der Waals surface area contributed by atoms with Crippen molar-refractivity contribution in [2.45, 2.75) is 38.3 Å². The molecular formula is C23H23N3O5. The Labute approximate surface area is 179 Å². The molecule has 8 nitrogen and oxygen atoms in total. The van der Waals surface area contributed by atoms with E-state index in [0.717, 1.165) is 11.3 Å². The van der Waals surface area contributed by atoms with Crippen LogP contribution in [0.1, 0.15) is 36.8 Å². The Morgan fingerprint density at radius 3 is 2.48 bits per heavy atom. The Morgan fingerprint density at radius 2 is 1.71 bits per heavy atom. The van der Waals surface area contributed by atoms with Crippen LogP contribution in [0.2, 0.25) is 0 Å². The lowest BCUT2D eigenvalue weighted by molar-refractivity contribution is -0.139. The van der Waals surface area contributed by atoms with E-state index >= 15 is 0 Å². The van der Waals surface area contributed by atoms with Crippen molar-refractivity contribution < 1.29 is 23.9 Å². The lowest BCUT2D eigenvalue weighted by Gasteiger charge is -2.20. The maximum atomic E-state index is 12.5. The molecule has 2 aliphatic heterocycles. The summed E-state index contributed by atoms with van der Waals surface area (Å²) in [5.74, 6) is -1.32. The number of carbonyl (C=O) groups excluding carboxylic acids is 4. The molecule has 1 fully saturated rings. The number of hydrogen-bond donors (Lipinski definition) is 2. The van der Waals surface area contributed by atoms with Gasteiger partial charge in [0.25, 0.3) is 0 Å². The molecule has 2 heterocycles. The van der Waals surface area contributed by atoms with Gasteiger partial charge >= 0.3 is 11.8 Å². The zero-order chi connectivity index (χ0) is 22.0. The van der Waals surface area contributed by atoms with Crippen molar-refractivity contribution in [3.05, 3.63) is 59.7 Å². The number of carbonyl (C=O) groups is 4. The first-order chi connectivity index (χ1) is 14.9. The van der Waals surface area contributed by atoms with E-state index in [2.05, 4.69) is 10.6 Å². The number of ether oxygens (including phenoxy) is 1. The van der Waals surface area contributed by atoms with Crippen molar-refractivity contribution in [3.63, 3.8) is 0 Å². The summed E-state index contributed by atoms with van der Waals surface area (Å²) in [6, 6.07) is 14.1. The molecule has 160 valence electrons. The molecule has 31 heavy (non-hydrogen) atoms. The fraction of sp³-hybridized carbons (Fsp3) is 0.304. The SMILES string of the molecule is CC(NC(=O)C(=O)Nc1ccccc1CN1C(=O)CCC1=O)C1COc2ccccc21. The third-order valence-corrected chi connectivity index (χ3v) is 5.65. The van der Waals surface area contributed by atoms with E-state index in [1.165, 1.54) is 4.90 Å². The van der Waals surface area contributed by atoms with Gasteiger partial charge in [-0.3, -0.25) is 24.1 Å². The number of para-hydroxylation sites is 2. The highest BCUT2D eigenvalue weighted by atomic mass is 16.5. The normalized spacial score (nSPS) is 18.4. The quantitative estimate of drug-likeness (QED) is 0.567. The van der Waals surface area contributed by atoms with Crippen LogP contribution in [0.25, 0.3) is 0 Å². The van der Waals surface area contributed by atoms with E-state index in [1.54, 1.807) is 24.3 Å². The van der Waals surface area contributed by atoms with Crippen LogP contribution in [-0.2, 0) is 25.7 Å². The fourth-order valence-corrected chi connectivity index (χ4v) is 3.90. The van der Waals surface area contributed by atoms with Gasteiger partial charge in [0.2, 0.25) is 11.8 Å². The van der Waals surface area contributed by atoms with Crippen LogP contribution in [0.4, 0.5) is 5.69 Å². The number of fused-ring (bicyclic) bond motifs is 1. The minimum atomic E-state index is -0.814. The smallest absolute Gasteiger partial charge is 0.313 e. The molecule has 0 aliphatic carbocycles. The molecule has 2 N–H and O–H groups in total. The Bertz CT molecular complexity index is 1040. The maximum absolute atomic E-state index is 12.5. The Kier molecular flexibility index (Phi) is 5.70. The molecule has 2 aromatic rings. The van der Waals surface area contributed by atoms with Gasteiger partial charge in [0.15, 0.2) is 0 Å². The number of hydrogen-bond acceptors (Lipinski definition) is 5. The van der Waals surface area contributed by atoms with Gasteiger partial charge < -0.3 is 15.4 Å². The van der Waals surface area contributed by atoms with Gasteiger partial charge in [-0.2, -0.15) is 0 Å². The second-order valence-corrected chi connectivity index (χ2v) is 7.70. The van der Waals surface area contributed by atoms with Crippen molar-refractivity contribution >= 4 is 29.3 Å². The van der Waals surface area contributed by atoms with Gasteiger partial charge in [-0.25, -0.2) is 0 Å². The average Bonchev–Trinajstić information content (AvgIpc) is 3.33. The average molecular weight is 421 g/mol. The standard InChI is InChI=1S/C23H23N3O5/c1-14(17-13-31-19-9-5-3-7-16(17)19)24-22(29)23(30)25-18-8-4-2-6-15(18)12-26-20(27)10-11-21(26)28/h2-9,14,17H,10-13H2,1H3,(H,24,29)(H,25,30). The Morgan fingerprint density at radius 1 is 1.03 bits per heavy atom. The number of likely N-dealkylation sites (tertiary alicyclic amines) is 1. The van der Waals surface area contributed by atoms with E-state index < -0.39 is 11.8 Å². The molecule has 8 heteroatoms. The summed E-state index contributed by atoms with van der Waals surface area (Å²) in [5.41, 5.74) is 1.97. The van der Waals surface area contributed by atoms with E-state index in [0.29, 0.717) is 17.9 Å². The summed E-state index contributed by atoms with van der Waals surface area (Å²) in [4.78, 5) is 50.0. The monoisotopic (exact) mass is 421 g/mol. The number of nitrogens with zero attached hydrogens (tertiary/aromatic N) is 1. The summed E-state index contributed by atoms with van der Waals surface area (Å²) in [5, 5.41) is 5.34. The van der Waals surface area contributed by atoms with Gasteiger partial charge in [-0.05, 0) is 24.6 Å². The Hall–Kier alpha value is -3.68. The van der Waals surface area contributed by atoms with Crippen LogP contribution in [0.3, 0.4) is 0 Å². The summed E-state index contributed by atoms with van der Waals surface area (Å²) < 4.78 is 5.65. The molecule has 4 amide bonds. The summed E-state index contributed by atoms with van der Waals surface area (Å²) in [6.07, 6.45) is 0.392. The zero-order valence-electron chi connectivity index (χ0n) is 17.1. The highest BCUT2D eigenvalue weighted by molar-refractivity contribution is 6.39. The highest BCUT2D eigenvalue weighted by Gasteiger charge is 2.32. The van der Waals surface area contributed by atoms with Crippen LogP contribution in [-0.4, -0.2) is 41.2 Å². The first-order valence-electron chi connectivity index (χ1n) is 10.2. The molecule has 0 bridgehead atoms. The van der Waals surface area contributed by atoms with Gasteiger partial charge in [0, 0.05) is 36.1 Å².